The molecule has 0 heterocycles. The number of hydrogen-bond donors (Lipinski definition) is 1. The normalized spacial score (nSPS) is 12.2. The van der Waals surface area contributed by atoms with Gasteiger partial charge >= 0.3 is 0 Å². The summed E-state index contributed by atoms with van der Waals surface area (Å²) in [4.78, 5) is 13.1. The zero-order chi connectivity index (χ0) is 12.1. The van der Waals surface area contributed by atoms with Gasteiger partial charge in [-0.1, -0.05) is 12.1 Å². The van der Waals surface area contributed by atoms with Crippen LogP contribution < -0.4 is 5.32 Å². The Morgan fingerprint density at radius 1 is 1.50 bits per heavy atom. The molecule has 1 N–H and O–H groups in total. The molecule has 88 valence electrons. The van der Waals surface area contributed by atoms with Crippen molar-refractivity contribution in [3.8, 4) is 0 Å². The van der Waals surface area contributed by atoms with Gasteiger partial charge in [0.05, 0.1) is 6.04 Å². The number of benzene rings is 1. The van der Waals surface area contributed by atoms with E-state index in [2.05, 4.69) is 5.32 Å². The first-order chi connectivity index (χ1) is 7.50. The molecule has 0 radical (unpaired) electrons. The number of carbonyl (C=O) groups excluding carboxylic acids is 1. The number of rotatable bonds is 4. The summed E-state index contributed by atoms with van der Waals surface area (Å²) < 4.78 is 12.9. The Balaban J connectivity index is 2.49. The Kier molecular flexibility index (Phi) is 4.43. The van der Waals surface area contributed by atoms with Crippen LogP contribution in [0.1, 0.15) is 12.5 Å². The second kappa shape index (κ2) is 5.61. The zero-order valence-corrected chi connectivity index (χ0v) is 9.83. The molecule has 0 saturated carbocycles. The molecule has 1 amide bonds. The maximum absolute atomic E-state index is 12.9. The van der Waals surface area contributed by atoms with Crippen LogP contribution in [0.15, 0.2) is 24.3 Å². The van der Waals surface area contributed by atoms with Crippen LogP contribution in [0.3, 0.4) is 0 Å². The highest BCUT2D eigenvalue weighted by molar-refractivity contribution is 5.80. The van der Waals surface area contributed by atoms with Crippen LogP contribution in [0, 0.1) is 5.82 Å². The number of hydrogen-bond acceptors (Lipinski definition) is 2. The zero-order valence-electron chi connectivity index (χ0n) is 9.83. The number of halogens is 1. The third-order valence-electron chi connectivity index (χ3n) is 2.31. The van der Waals surface area contributed by atoms with Crippen LogP contribution in [0.2, 0.25) is 0 Å². The molecular formula is C12H17FN2O. The molecule has 0 aliphatic rings. The predicted molar refractivity (Wildman–Crippen MR) is 61.4 cm³/mol. The lowest BCUT2D eigenvalue weighted by atomic mass is 10.2. The average Bonchev–Trinajstić information content (AvgIpc) is 2.24. The number of nitrogens with zero attached hydrogens (tertiary/aromatic N) is 1. The molecule has 0 bridgehead atoms. The Labute approximate surface area is 95.3 Å². The second-order valence-electron chi connectivity index (χ2n) is 3.97. The van der Waals surface area contributed by atoms with Crippen molar-refractivity contribution in [2.24, 2.45) is 0 Å². The van der Waals surface area contributed by atoms with E-state index in [1.54, 1.807) is 27.1 Å². The van der Waals surface area contributed by atoms with Crippen molar-refractivity contribution >= 4 is 5.91 Å². The van der Waals surface area contributed by atoms with Crippen LogP contribution in [0.5, 0.6) is 0 Å². The summed E-state index contributed by atoms with van der Waals surface area (Å²) in [6.07, 6.45) is 0. The van der Waals surface area contributed by atoms with Gasteiger partial charge in [-0.15, -0.1) is 0 Å². The highest BCUT2D eigenvalue weighted by Crippen LogP contribution is 2.03. The lowest BCUT2D eigenvalue weighted by molar-refractivity contribution is -0.130. The van der Waals surface area contributed by atoms with E-state index in [0.29, 0.717) is 6.54 Å². The molecule has 16 heavy (non-hydrogen) atoms. The molecule has 1 atom stereocenters. The fourth-order valence-corrected chi connectivity index (χ4v) is 1.39. The molecule has 1 aromatic carbocycles. The molecule has 0 saturated heterocycles. The van der Waals surface area contributed by atoms with Gasteiger partial charge in [0.2, 0.25) is 5.91 Å². The van der Waals surface area contributed by atoms with Gasteiger partial charge in [0.1, 0.15) is 5.82 Å². The molecule has 0 aliphatic carbocycles. The molecule has 0 unspecified atom stereocenters. The molecule has 0 aliphatic heterocycles. The minimum atomic E-state index is -0.265. The number of likely N-dealkylation sites (N-methyl/N-ethyl adjacent to an activating group) is 1. The first-order valence-corrected chi connectivity index (χ1v) is 5.19. The molecule has 0 spiro atoms. The monoisotopic (exact) mass is 224 g/mol. The molecule has 0 aromatic heterocycles. The van der Waals surface area contributed by atoms with Crippen molar-refractivity contribution in [1.29, 1.82) is 0 Å². The van der Waals surface area contributed by atoms with Crippen molar-refractivity contribution in [2.45, 2.75) is 19.5 Å². The maximum atomic E-state index is 12.9. The number of amides is 1. The van der Waals surface area contributed by atoms with Crippen LogP contribution in [0.4, 0.5) is 4.39 Å². The smallest absolute Gasteiger partial charge is 0.238 e. The number of nitrogens with one attached hydrogen (secondary N) is 1. The Hall–Kier alpha value is -1.42. The Morgan fingerprint density at radius 3 is 2.75 bits per heavy atom. The summed E-state index contributed by atoms with van der Waals surface area (Å²) in [5, 5.41) is 3.05. The lowest BCUT2D eigenvalue weighted by Crippen LogP contribution is -2.41. The molecule has 1 rings (SSSR count). The molecule has 4 heteroatoms. The quantitative estimate of drug-likeness (QED) is 0.838. The van der Waals surface area contributed by atoms with Gasteiger partial charge in [0, 0.05) is 20.6 Å². The van der Waals surface area contributed by atoms with Gasteiger partial charge in [0.25, 0.3) is 0 Å². The summed E-state index contributed by atoms with van der Waals surface area (Å²) in [6.45, 7) is 2.28. The van der Waals surface area contributed by atoms with E-state index < -0.39 is 0 Å². The Morgan fingerprint density at radius 2 is 2.19 bits per heavy atom. The van der Waals surface area contributed by atoms with E-state index in [9.17, 15) is 9.18 Å². The fourth-order valence-electron chi connectivity index (χ4n) is 1.39. The van der Waals surface area contributed by atoms with Crippen LogP contribution in [-0.4, -0.2) is 30.9 Å². The molecule has 1 aromatic rings. The molecule has 0 fully saturated rings. The summed E-state index contributed by atoms with van der Waals surface area (Å²) in [5.41, 5.74) is 0.832. The first-order valence-electron chi connectivity index (χ1n) is 5.19. The van der Waals surface area contributed by atoms with E-state index in [1.807, 2.05) is 6.07 Å². The van der Waals surface area contributed by atoms with Gasteiger partial charge in [-0.25, -0.2) is 4.39 Å². The average molecular weight is 224 g/mol. The number of carbonyl (C=O) groups is 1. The van der Waals surface area contributed by atoms with E-state index in [1.165, 1.54) is 17.0 Å². The van der Waals surface area contributed by atoms with Gasteiger partial charge in [-0.3, -0.25) is 4.79 Å². The minimum Gasteiger partial charge on any atom is -0.347 e. The maximum Gasteiger partial charge on any atom is 0.238 e. The van der Waals surface area contributed by atoms with Crippen molar-refractivity contribution in [1.82, 2.24) is 10.2 Å². The van der Waals surface area contributed by atoms with E-state index >= 15 is 0 Å². The SMILES string of the molecule is C[C@@H](NCc1cccc(F)c1)C(=O)N(C)C. The van der Waals surface area contributed by atoms with Crippen LogP contribution >= 0.6 is 0 Å². The van der Waals surface area contributed by atoms with Gasteiger partial charge in [0.15, 0.2) is 0 Å². The summed E-state index contributed by atoms with van der Waals surface area (Å²) in [7, 11) is 3.42. The van der Waals surface area contributed by atoms with E-state index in [-0.39, 0.29) is 17.8 Å². The standard InChI is InChI=1S/C12H17FN2O/c1-9(12(16)15(2)3)14-8-10-5-4-6-11(13)7-10/h4-7,9,14H,8H2,1-3H3/t9-/m1/s1. The molecule has 3 nitrogen and oxygen atoms in total. The fraction of sp³-hybridized carbons (Fsp3) is 0.417. The molecular weight excluding hydrogens is 207 g/mol. The highest BCUT2D eigenvalue weighted by Gasteiger charge is 2.13. The first kappa shape index (κ1) is 12.6. The van der Waals surface area contributed by atoms with E-state index in [0.717, 1.165) is 5.56 Å². The lowest BCUT2D eigenvalue weighted by Gasteiger charge is -2.18. The van der Waals surface area contributed by atoms with Crippen LogP contribution in [0.25, 0.3) is 0 Å². The van der Waals surface area contributed by atoms with Gasteiger partial charge in [-0.2, -0.15) is 0 Å². The van der Waals surface area contributed by atoms with Crippen molar-refractivity contribution in [3.63, 3.8) is 0 Å². The van der Waals surface area contributed by atoms with E-state index in [4.69, 9.17) is 0 Å². The van der Waals surface area contributed by atoms with Crippen LogP contribution in [-0.2, 0) is 11.3 Å². The third kappa shape index (κ3) is 3.62. The second-order valence-corrected chi connectivity index (χ2v) is 3.97. The van der Waals surface area contributed by atoms with Crippen molar-refractivity contribution < 1.29 is 9.18 Å². The minimum absolute atomic E-state index is 0.0106. The van der Waals surface area contributed by atoms with Crippen molar-refractivity contribution in [3.05, 3.63) is 35.6 Å². The van der Waals surface area contributed by atoms with Gasteiger partial charge < -0.3 is 10.2 Å². The predicted octanol–water partition coefficient (Wildman–Crippen LogP) is 1.39. The van der Waals surface area contributed by atoms with Crippen molar-refractivity contribution in [2.75, 3.05) is 14.1 Å². The topological polar surface area (TPSA) is 32.3 Å². The largest absolute Gasteiger partial charge is 0.347 e. The summed E-state index contributed by atoms with van der Waals surface area (Å²) in [5.74, 6) is -0.248. The third-order valence-corrected chi connectivity index (χ3v) is 2.31. The summed E-state index contributed by atoms with van der Waals surface area (Å²) in [6, 6.07) is 6.07. The Bertz CT molecular complexity index is 366. The summed E-state index contributed by atoms with van der Waals surface area (Å²) >= 11 is 0. The van der Waals surface area contributed by atoms with Gasteiger partial charge in [-0.05, 0) is 24.6 Å². The highest BCUT2D eigenvalue weighted by atomic mass is 19.1.